The van der Waals surface area contributed by atoms with Gasteiger partial charge in [0.1, 0.15) is 5.50 Å². The number of thioether (sulfide) groups is 1. The lowest BCUT2D eigenvalue weighted by Crippen LogP contribution is -2.28. The van der Waals surface area contributed by atoms with Crippen LogP contribution in [0, 0.1) is 0 Å². The lowest BCUT2D eigenvalue weighted by atomic mass is 10.2. The molecule has 1 aromatic rings. The first kappa shape index (κ1) is 9.99. The highest BCUT2D eigenvalue weighted by Gasteiger charge is 2.33. The van der Waals surface area contributed by atoms with Crippen molar-refractivity contribution in [1.29, 1.82) is 0 Å². The number of hydrogen-bond donors (Lipinski definition) is 2. The van der Waals surface area contributed by atoms with Crippen molar-refractivity contribution in [2.45, 2.75) is 17.3 Å². The lowest BCUT2D eigenvalue weighted by Gasteiger charge is -2.16. The fourth-order valence-electron chi connectivity index (χ4n) is 2.14. The molecule has 0 spiro atoms. The second-order valence-electron chi connectivity index (χ2n) is 3.98. The molecular weight excluding hydrogens is 222 g/mol. The van der Waals surface area contributed by atoms with E-state index >= 15 is 0 Å². The Labute approximate surface area is 98.4 Å². The molecule has 1 amide bonds. The molecule has 1 atom stereocenters. The van der Waals surface area contributed by atoms with Gasteiger partial charge in [-0.25, -0.2) is 0 Å². The summed E-state index contributed by atoms with van der Waals surface area (Å²) in [4.78, 5) is 14.6. The standard InChI is InChI=1S/C11H13N3OS/c1-7(15)13-8-2-3-9-10(6-8)16-11-12-4-5-14(9)11/h2-3,6,11-12H,4-5H2,1H3,(H,13,15). The van der Waals surface area contributed by atoms with Gasteiger partial charge in [-0.1, -0.05) is 11.8 Å². The van der Waals surface area contributed by atoms with Crippen LogP contribution in [-0.2, 0) is 4.79 Å². The second-order valence-corrected chi connectivity index (χ2v) is 5.10. The molecule has 2 N–H and O–H groups in total. The number of nitrogens with one attached hydrogen (secondary N) is 2. The van der Waals surface area contributed by atoms with Crippen LogP contribution in [0.1, 0.15) is 6.92 Å². The van der Waals surface area contributed by atoms with Crippen molar-refractivity contribution in [2.75, 3.05) is 23.3 Å². The van der Waals surface area contributed by atoms with Crippen molar-refractivity contribution in [2.24, 2.45) is 0 Å². The zero-order valence-electron chi connectivity index (χ0n) is 8.99. The van der Waals surface area contributed by atoms with E-state index in [-0.39, 0.29) is 5.91 Å². The third kappa shape index (κ3) is 1.56. The van der Waals surface area contributed by atoms with E-state index in [4.69, 9.17) is 0 Å². The van der Waals surface area contributed by atoms with E-state index in [0.717, 1.165) is 18.8 Å². The first-order chi connectivity index (χ1) is 7.74. The maximum absolute atomic E-state index is 11.0. The van der Waals surface area contributed by atoms with Gasteiger partial charge in [-0.15, -0.1) is 0 Å². The Bertz CT molecular complexity index is 449. The monoisotopic (exact) mass is 235 g/mol. The molecule has 0 aromatic heterocycles. The van der Waals surface area contributed by atoms with Gasteiger partial charge < -0.3 is 10.2 Å². The quantitative estimate of drug-likeness (QED) is 0.773. The summed E-state index contributed by atoms with van der Waals surface area (Å²) in [5, 5.41) is 6.24. The van der Waals surface area contributed by atoms with E-state index in [1.807, 2.05) is 23.9 Å². The van der Waals surface area contributed by atoms with Crippen molar-refractivity contribution in [3.8, 4) is 0 Å². The predicted octanol–water partition coefficient (Wildman–Crippen LogP) is 1.44. The first-order valence-electron chi connectivity index (χ1n) is 5.32. The number of carbonyl (C=O) groups is 1. The third-order valence-electron chi connectivity index (χ3n) is 2.78. The van der Waals surface area contributed by atoms with Crippen molar-refractivity contribution in [3.63, 3.8) is 0 Å². The molecule has 84 valence electrons. The fourth-order valence-corrected chi connectivity index (χ4v) is 3.42. The summed E-state index contributed by atoms with van der Waals surface area (Å²) >= 11 is 1.81. The molecule has 4 nitrogen and oxygen atoms in total. The van der Waals surface area contributed by atoms with Crippen molar-refractivity contribution in [3.05, 3.63) is 18.2 Å². The number of amides is 1. The predicted molar refractivity (Wildman–Crippen MR) is 65.7 cm³/mol. The summed E-state index contributed by atoms with van der Waals surface area (Å²) in [5.41, 5.74) is 2.52. The van der Waals surface area contributed by atoms with Crippen LogP contribution in [0.25, 0.3) is 0 Å². The number of rotatable bonds is 1. The van der Waals surface area contributed by atoms with E-state index in [1.54, 1.807) is 0 Å². The van der Waals surface area contributed by atoms with Crippen molar-refractivity contribution >= 4 is 29.0 Å². The Morgan fingerprint density at radius 1 is 1.62 bits per heavy atom. The minimum Gasteiger partial charge on any atom is -0.345 e. The molecule has 3 rings (SSSR count). The molecule has 1 fully saturated rings. The van der Waals surface area contributed by atoms with Crippen LogP contribution in [0.5, 0.6) is 0 Å². The van der Waals surface area contributed by atoms with Gasteiger partial charge in [-0.2, -0.15) is 0 Å². The average molecular weight is 235 g/mol. The van der Waals surface area contributed by atoms with Crippen LogP contribution in [0.3, 0.4) is 0 Å². The van der Waals surface area contributed by atoms with Crippen LogP contribution >= 0.6 is 11.8 Å². The number of nitrogens with zero attached hydrogens (tertiary/aromatic N) is 1. The molecule has 16 heavy (non-hydrogen) atoms. The Morgan fingerprint density at radius 3 is 3.31 bits per heavy atom. The number of benzene rings is 1. The van der Waals surface area contributed by atoms with Crippen molar-refractivity contribution < 1.29 is 4.79 Å². The normalized spacial score (nSPS) is 21.8. The van der Waals surface area contributed by atoms with Crippen LogP contribution < -0.4 is 15.5 Å². The van der Waals surface area contributed by atoms with E-state index in [1.165, 1.54) is 17.5 Å². The summed E-state index contributed by atoms with van der Waals surface area (Å²) in [6.45, 7) is 3.63. The highest BCUT2D eigenvalue weighted by Crippen LogP contribution is 2.44. The maximum Gasteiger partial charge on any atom is 0.221 e. The molecule has 1 aromatic carbocycles. The highest BCUT2D eigenvalue weighted by atomic mass is 32.2. The lowest BCUT2D eigenvalue weighted by molar-refractivity contribution is -0.114. The van der Waals surface area contributed by atoms with E-state index < -0.39 is 0 Å². The summed E-state index contributed by atoms with van der Waals surface area (Å²) in [6.07, 6.45) is 0. The number of carbonyl (C=O) groups excluding carboxylic acids is 1. The van der Waals surface area contributed by atoms with E-state index in [2.05, 4.69) is 21.6 Å². The van der Waals surface area contributed by atoms with Gasteiger partial charge >= 0.3 is 0 Å². The van der Waals surface area contributed by atoms with Gasteiger partial charge in [0, 0.05) is 30.6 Å². The molecule has 0 aliphatic carbocycles. The smallest absolute Gasteiger partial charge is 0.221 e. The van der Waals surface area contributed by atoms with Gasteiger partial charge in [-0.3, -0.25) is 10.1 Å². The number of fused-ring (bicyclic) bond motifs is 3. The van der Waals surface area contributed by atoms with E-state index in [0.29, 0.717) is 5.50 Å². The second kappa shape index (κ2) is 3.68. The Kier molecular flexibility index (Phi) is 2.29. The fraction of sp³-hybridized carbons (Fsp3) is 0.364. The minimum absolute atomic E-state index is 0.0263. The first-order valence-corrected chi connectivity index (χ1v) is 6.20. The average Bonchev–Trinajstić information content (AvgIpc) is 2.75. The van der Waals surface area contributed by atoms with Gasteiger partial charge in [-0.05, 0) is 18.2 Å². The zero-order chi connectivity index (χ0) is 11.1. The molecule has 1 unspecified atom stereocenters. The number of hydrogen-bond acceptors (Lipinski definition) is 4. The van der Waals surface area contributed by atoms with Crippen LogP contribution in [0.2, 0.25) is 0 Å². The number of anilines is 2. The van der Waals surface area contributed by atoms with Crippen LogP contribution in [0.4, 0.5) is 11.4 Å². The third-order valence-corrected chi connectivity index (χ3v) is 4.01. The van der Waals surface area contributed by atoms with Gasteiger partial charge in [0.15, 0.2) is 0 Å². The molecule has 2 heterocycles. The molecule has 2 aliphatic heterocycles. The summed E-state index contributed by atoms with van der Waals surface area (Å²) < 4.78 is 0. The largest absolute Gasteiger partial charge is 0.345 e. The highest BCUT2D eigenvalue weighted by molar-refractivity contribution is 8.00. The van der Waals surface area contributed by atoms with Gasteiger partial charge in [0.2, 0.25) is 5.91 Å². The van der Waals surface area contributed by atoms with Gasteiger partial charge in [0.25, 0.3) is 0 Å². The Hall–Kier alpha value is -1.20. The Balaban J connectivity index is 1.91. The SMILES string of the molecule is CC(=O)Nc1ccc2c(c1)SC1NCCN21. The minimum atomic E-state index is -0.0263. The summed E-state index contributed by atoms with van der Waals surface area (Å²) in [5.74, 6) is -0.0263. The molecular formula is C11H13N3OS. The molecule has 0 saturated carbocycles. The molecule has 0 bridgehead atoms. The van der Waals surface area contributed by atoms with Gasteiger partial charge in [0.05, 0.1) is 5.69 Å². The summed E-state index contributed by atoms with van der Waals surface area (Å²) in [6, 6.07) is 6.09. The van der Waals surface area contributed by atoms with Crippen LogP contribution in [-0.4, -0.2) is 24.5 Å². The zero-order valence-corrected chi connectivity index (χ0v) is 9.80. The summed E-state index contributed by atoms with van der Waals surface area (Å²) in [7, 11) is 0. The molecule has 5 heteroatoms. The molecule has 0 radical (unpaired) electrons. The molecule has 2 aliphatic rings. The van der Waals surface area contributed by atoms with E-state index in [9.17, 15) is 4.79 Å². The Morgan fingerprint density at radius 2 is 2.50 bits per heavy atom. The maximum atomic E-state index is 11.0. The topological polar surface area (TPSA) is 44.4 Å². The van der Waals surface area contributed by atoms with Crippen molar-refractivity contribution in [1.82, 2.24) is 5.32 Å². The van der Waals surface area contributed by atoms with Crippen LogP contribution in [0.15, 0.2) is 23.1 Å². The molecule has 1 saturated heterocycles.